The molecule has 5 rings (SSSR count). The number of urea groups is 1. The lowest BCUT2D eigenvalue weighted by Crippen LogP contribution is -2.48. The van der Waals surface area contributed by atoms with Gasteiger partial charge in [0.25, 0.3) is 5.91 Å². The van der Waals surface area contributed by atoms with Crippen molar-refractivity contribution in [3.05, 3.63) is 117 Å². The van der Waals surface area contributed by atoms with Gasteiger partial charge in [0.2, 0.25) is 6.17 Å². The summed E-state index contributed by atoms with van der Waals surface area (Å²) in [6.45, 7) is 1.92. The molecule has 0 saturated heterocycles. The van der Waals surface area contributed by atoms with E-state index in [0.717, 1.165) is 16.9 Å². The molecular weight excluding hydrogens is 519 g/mol. The zero-order valence-electron chi connectivity index (χ0n) is 20.7. The molecular formula is C29H23FN4O4S. The predicted octanol–water partition coefficient (Wildman–Crippen LogP) is 5.43. The lowest BCUT2D eigenvalue weighted by atomic mass is 9.99. The lowest BCUT2D eigenvalue weighted by molar-refractivity contribution is -0.120. The number of nitrogens with zero attached hydrogens (tertiary/aromatic N) is 2. The number of nitrogens with one attached hydrogen (secondary N) is 2. The SMILES string of the molecule is Cc1cccc(NC(=O)N[C@@H]2N=C(c3ccccc3F)c3ccccc3N(Cc3ccc(C(=O)O)s3)C2=O)c1. The van der Waals surface area contributed by atoms with Gasteiger partial charge in [-0.05, 0) is 55.0 Å². The van der Waals surface area contributed by atoms with E-state index in [1.807, 2.05) is 13.0 Å². The average molecular weight is 543 g/mol. The Morgan fingerprint density at radius 3 is 2.46 bits per heavy atom. The summed E-state index contributed by atoms with van der Waals surface area (Å²) < 4.78 is 15.0. The molecule has 1 aromatic heterocycles. The number of benzene rings is 3. The Balaban J connectivity index is 1.57. The molecule has 8 nitrogen and oxygen atoms in total. The summed E-state index contributed by atoms with van der Waals surface area (Å²) in [5.41, 5.74) is 2.81. The van der Waals surface area contributed by atoms with E-state index in [1.165, 1.54) is 17.0 Å². The molecule has 0 saturated carbocycles. The fraction of sp³-hybridized carbons (Fsp3) is 0.103. The summed E-state index contributed by atoms with van der Waals surface area (Å²) in [7, 11) is 0. The van der Waals surface area contributed by atoms with Crippen LogP contribution in [0.25, 0.3) is 0 Å². The third-order valence-electron chi connectivity index (χ3n) is 6.07. The van der Waals surface area contributed by atoms with Crippen LogP contribution in [0.2, 0.25) is 0 Å². The summed E-state index contributed by atoms with van der Waals surface area (Å²) in [6, 6.07) is 22.7. The van der Waals surface area contributed by atoms with E-state index < -0.39 is 29.9 Å². The lowest BCUT2D eigenvalue weighted by Gasteiger charge is -2.25. The van der Waals surface area contributed by atoms with Crippen molar-refractivity contribution in [1.82, 2.24) is 5.32 Å². The first-order chi connectivity index (χ1) is 18.8. The van der Waals surface area contributed by atoms with Gasteiger partial charge in [0.15, 0.2) is 0 Å². The molecule has 0 aliphatic carbocycles. The Labute approximate surface area is 227 Å². The van der Waals surface area contributed by atoms with Gasteiger partial charge in [-0.3, -0.25) is 4.79 Å². The van der Waals surface area contributed by atoms with Crippen molar-refractivity contribution >= 4 is 46.3 Å². The Morgan fingerprint density at radius 2 is 1.74 bits per heavy atom. The van der Waals surface area contributed by atoms with Crippen LogP contribution >= 0.6 is 11.3 Å². The number of carboxylic acid groups (broad SMARTS) is 1. The van der Waals surface area contributed by atoms with Gasteiger partial charge in [-0.25, -0.2) is 19.0 Å². The third kappa shape index (κ3) is 5.55. The van der Waals surface area contributed by atoms with Crippen LogP contribution < -0.4 is 15.5 Å². The molecule has 0 spiro atoms. The molecule has 1 aliphatic rings. The third-order valence-corrected chi connectivity index (χ3v) is 7.13. The largest absolute Gasteiger partial charge is 0.477 e. The van der Waals surface area contributed by atoms with Gasteiger partial charge in [0, 0.05) is 21.7 Å². The number of fused-ring (bicyclic) bond motifs is 1. The number of rotatable bonds is 6. The van der Waals surface area contributed by atoms with Gasteiger partial charge in [-0.2, -0.15) is 0 Å². The van der Waals surface area contributed by atoms with Crippen LogP contribution in [0.1, 0.15) is 31.2 Å². The molecule has 0 unspecified atom stereocenters. The highest BCUT2D eigenvalue weighted by molar-refractivity contribution is 7.13. The van der Waals surface area contributed by atoms with Crippen LogP contribution in [0.5, 0.6) is 0 Å². The number of hydrogen-bond donors (Lipinski definition) is 3. The Morgan fingerprint density at radius 1 is 1.00 bits per heavy atom. The monoisotopic (exact) mass is 542 g/mol. The minimum atomic E-state index is -1.39. The zero-order chi connectivity index (χ0) is 27.5. The highest BCUT2D eigenvalue weighted by atomic mass is 32.1. The molecule has 3 aromatic carbocycles. The van der Waals surface area contributed by atoms with Gasteiger partial charge in [-0.1, -0.05) is 42.5 Å². The maximum absolute atomic E-state index is 15.0. The van der Waals surface area contributed by atoms with E-state index in [9.17, 15) is 19.5 Å². The molecule has 2 heterocycles. The van der Waals surface area contributed by atoms with Crippen LogP contribution in [-0.2, 0) is 11.3 Å². The first-order valence-electron chi connectivity index (χ1n) is 12.0. The number of carbonyl (C=O) groups is 3. The molecule has 0 fully saturated rings. The number of amides is 3. The van der Waals surface area contributed by atoms with Crippen LogP contribution in [0, 0.1) is 12.7 Å². The van der Waals surface area contributed by atoms with Crippen molar-refractivity contribution < 1.29 is 23.9 Å². The normalized spacial score (nSPS) is 14.7. The highest BCUT2D eigenvalue weighted by Gasteiger charge is 2.34. The smallest absolute Gasteiger partial charge is 0.345 e. The van der Waals surface area contributed by atoms with Crippen molar-refractivity contribution in [3.8, 4) is 0 Å². The van der Waals surface area contributed by atoms with Crippen molar-refractivity contribution in [2.24, 2.45) is 4.99 Å². The number of halogens is 1. The number of aryl methyl sites for hydroxylation is 1. The van der Waals surface area contributed by atoms with E-state index in [0.29, 0.717) is 21.8 Å². The van der Waals surface area contributed by atoms with Gasteiger partial charge < -0.3 is 20.6 Å². The number of hydrogen-bond acceptors (Lipinski definition) is 5. The maximum atomic E-state index is 15.0. The van der Waals surface area contributed by atoms with Gasteiger partial charge in [0.05, 0.1) is 17.9 Å². The van der Waals surface area contributed by atoms with Crippen molar-refractivity contribution in [2.45, 2.75) is 19.6 Å². The van der Waals surface area contributed by atoms with E-state index in [1.54, 1.807) is 66.7 Å². The van der Waals surface area contributed by atoms with Crippen LogP contribution in [0.3, 0.4) is 0 Å². The van der Waals surface area contributed by atoms with E-state index in [4.69, 9.17) is 0 Å². The quantitative estimate of drug-likeness (QED) is 0.302. The number of thiophene rings is 1. The Kier molecular flexibility index (Phi) is 7.20. The number of carboxylic acids is 1. The fourth-order valence-electron chi connectivity index (χ4n) is 4.30. The second kappa shape index (κ2) is 10.9. The standard InChI is InChI=1S/C29H23FN4O4S/c1-17-7-6-8-18(15-17)31-29(38)33-26-27(35)34(16-19-13-14-24(39-19)28(36)37)23-12-5-3-10-21(23)25(32-26)20-9-2-4-11-22(20)30/h2-15,26H,16H2,1H3,(H,36,37)(H2,31,33,38)/t26-/m0/s1. The van der Waals surface area contributed by atoms with Crippen LogP contribution in [-0.4, -0.2) is 34.9 Å². The van der Waals surface area contributed by atoms with Crippen LogP contribution in [0.4, 0.5) is 20.6 Å². The first-order valence-corrected chi connectivity index (χ1v) is 12.8. The van der Waals surface area contributed by atoms with E-state index in [-0.39, 0.29) is 22.7 Å². The molecule has 1 aliphatic heterocycles. The minimum Gasteiger partial charge on any atom is -0.477 e. The minimum absolute atomic E-state index is 0.0333. The summed E-state index contributed by atoms with van der Waals surface area (Å²) in [6.07, 6.45) is -1.39. The van der Waals surface area contributed by atoms with Gasteiger partial charge >= 0.3 is 12.0 Å². The van der Waals surface area contributed by atoms with Crippen molar-refractivity contribution in [2.75, 3.05) is 10.2 Å². The molecule has 10 heteroatoms. The number of aliphatic imine (C=N–C) groups is 1. The molecule has 0 radical (unpaired) electrons. The molecule has 196 valence electrons. The topological polar surface area (TPSA) is 111 Å². The van der Waals surface area contributed by atoms with E-state index in [2.05, 4.69) is 15.6 Å². The average Bonchev–Trinajstić information content (AvgIpc) is 3.35. The first kappa shape index (κ1) is 25.8. The van der Waals surface area contributed by atoms with Crippen LogP contribution in [0.15, 0.2) is 89.9 Å². The summed E-state index contributed by atoms with van der Waals surface area (Å²) in [5, 5.41) is 14.7. The molecule has 3 amide bonds. The molecule has 39 heavy (non-hydrogen) atoms. The summed E-state index contributed by atoms with van der Waals surface area (Å²) in [4.78, 5) is 45.1. The molecule has 3 N–H and O–H groups in total. The summed E-state index contributed by atoms with van der Waals surface area (Å²) in [5.74, 6) is -2.15. The Bertz CT molecular complexity index is 1620. The number of para-hydroxylation sites is 1. The second-order valence-electron chi connectivity index (χ2n) is 8.84. The van der Waals surface area contributed by atoms with Crippen molar-refractivity contribution in [3.63, 3.8) is 0 Å². The molecule has 0 bridgehead atoms. The molecule has 4 aromatic rings. The molecule has 1 atom stereocenters. The van der Waals surface area contributed by atoms with E-state index >= 15 is 4.39 Å². The van der Waals surface area contributed by atoms with Gasteiger partial charge in [-0.15, -0.1) is 11.3 Å². The predicted molar refractivity (Wildman–Crippen MR) is 148 cm³/mol. The fourth-order valence-corrected chi connectivity index (χ4v) is 5.14. The number of benzodiazepines with no additional fused rings is 1. The number of carbonyl (C=O) groups excluding carboxylic acids is 2. The van der Waals surface area contributed by atoms with Crippen molar-refractivity contribution in [1.29, 1.82) is 0 Å². The highest BCUT2D eigenvalue weighted by Crippen LogP contribution is 2.31. The second-order valence-corrected chi connectivity index (χ2v) is 10.0. The summed E-state index contributed by atoms with van der Waals surface area (Å²) >= 11 is 1.05. The number of anilines is 2. The van der Waals surface area contributed by atoms with Gasteiger partial charge in [0.1, 0.15) is 10.7 Å². The zero-order valence-corrected chi connectivity index (χ0v) is 21.5. The number of aromatic carboxylic acids is 1. The maximum Gasteiger partial charge on any atom is 0.345 e. The Hall–Kier alpha value is -4.83.